The summed E-state index contributed by atoms with van der Waals surface area (Å²) < 4.78 is 30.3. The third kappa shape index (κ3) is 3.16. The highest BCUT2D eigenvalue weighted by molar-refractivity contribution is 5.96. The predicted octanol–water partition coefficient (Wildman–Crippen LogP) is 0.792. The molecule has 1 amide bonds. The summed E-state index contributed by atoms with van der Waals surface area (Å²) in [6.07, 6.45) is 0. The second-order valence-electron chi connectivity index (χ2n) is 3.72. The van der Waals surface area contributed by atoms with Gasteiger partial charge in [0, 0.05) is 25.8 Å². The van der Waals surface area contributed by atoms with E-state index in [1.165, 1.54) is 19.0 Å². The number of esters is 1. The number of hydrogen-bond donors (Lipinski definition) is 1. The first kappa shape index (κ1) is 13.9. The van der Waals surface area contributed by atoms with Gasteiger partial charge in [-0.15, -0.1) is 0 Å². The van der Waals surface area contributed by atoms with Gasteiger partial charge in [-0.3, -0.25) is 4.79 Å². The number of nitrogens with two attached hydrogens (primary N) is 1. The van der Waals surface area contributed by atoms with Crippen molar-refractivity contribution in [2.24, 2.45) is 0 Å². The van der Waals surface area contributed by atoms with Gasteiger partial charge >= 0.3 is 5.97 Å². The molecule has 1 rings (SSSR count). The Morgan fingerprint density at radius 2 is 1.83 bits per heavy atom. The van der Waals surface area contributed by atoms with E-state index in [9.17, 15) is 18.4 Å². The van der Waals surface area contributed by atoms with Crippen molar-refractivity contribution in [3.05, 3.63) is 29.3 Å². The van der Waals surface area contributed by atoms with Crippen LogP contribution in [0, 0.1) is 11.6 Å². The number of nitrogen functional groups attached to an aromatic ring is 1. The first-order valence-electron chi connectivity index (χ1n) is 4.94. The molecule has 1 aromatic rings. The topological polar surface area (TPSA) is 72.6 Å². The summed E-state index contributed by atoms with van der Waals surface area (Å²) in [4.78, 5) is 23.9. The van der Waals surface area contributed by atoms with Crippen molar-refractivity contribution in [1.29, 1.82) is 0 Å². The van der Waals surface area contributed by atoms with Gasteiger partial charge in [0.1, 0.15) is 0 Å². The molecule has 0 aromatic heterocycles. The van der Waals surface area contributed by atoms with Crippen molar-refractivity contribution < 1.29 is 23.1 Å². The lowest BCUT2D eigenvalue weighted by Crippen LogP contribution is -2.27. The number of carbonyl (C=O) groups is 2. The minimum atomic E-state index is -1.21. The van der Waals surface area contributed by atoms with E-state index in [2.05, 4.69) is 4.74 Å². The molecule has 0 heterocycles. The average Bonchev–Trinajstić information content (AvgIpc) is 2.30. The molecule has 0 aliphatic carbocycles. The van der Waals surface area contributed by atoms with Gasteiger partial charge in [-0.25, -0.2) is 13.6 Å². The van der Waals surface area contributed by atoms with E-state index in [-0.39, 0.29) is 11.3 Å². The summed E-state index contributed by atoms with van der Waals surface area (Å²) in [7, 11) is 2.98. The number of amides is 1. The standard InChI is InChI=1S/C11H12F2N2O3/c1-15(2)10(16)5-18-11(17)6-3-7(12)8(13)4-9(6)14/h3-4H,5,14H2,1-2H3. The number of carbonyl (C=O) groups excluding carboxylic acids is 2. The molecule has 5 nitrogen and oxygen atoms in total. The molecule has 0 saturated heterocycles. The number of ether oxygens (including phenoxy) is 1. The third-order valence-electron chi connectivity index (χ3n) is 2.14. The minimum Gasteiger partial charge on any atom is -0.452 e. The highest BCUT2D eigenvalue weighted by Gasteiger charge is 2.17. The normalized spacial score (nSPS) is 10.0. The van der Waals surface area contributed by atoms with Crippen LogP contribution in [0.5, 0.6) is 0 Å². The average molecular weight is 258 g/mol. The van der Waals surface area contributed by atoms with Crippen molar-refractivity contribution in [2.75, 3.05) is 26.4 Å². The van der Waals surface area contributed by atoms with E-state index in [0.717, 1.165) is 0 Å². The highest BCUT2D eigenvalue weighted by Crippen LogP contribution is 2.17. The van der Waals surface area contributed by atoms with Crippen LogP contribution in [0.3, 0.4) is 0 Å². The molecule has 2 N–H and O–H groups in total. The van der Waals surface area contributed by atoms with E-state index in [1.54, 1.807) is 0 Å². The van der Waals surface area contributed by atoms with Gasteiger partial charge in [0.05, 0.1) is 5.56 Å². The maximum Gasteiger partial charge on any atom is 0.340 e. The fourth-order valence-corrected chi connectivity index (χ4v) is 1.07. The van der Waals surface area contributed by atoms with Gasteiger partial charge in [-0.1, -0.05) is 0 Å². The van der Waals surface area contributed by atoms with E-state index < -0.39 is 30.1 Å². The number of rotatable bonds is 3. The number of hydrogen-bond acceptors (Lipinski definition) is 4. The smallest absolute Gasteiger partial charge is 0.340 e. The largest absolute Gasteiger partial charge is 0.452 e. The summed E-state index contributed by atoms with van der Waals surface area (Å²) in [6.45, 7) is -0.496. The first-order chi connectivity index (χ1) is 8.32. The van der Waals surface area contributed by atoms with Gasteiger partial charge in [-0.2, -0.15) is 0 Å². The molecular formula is C11H12F2N2O3. The summed E-state index contributed by atoms with van der Waals surface area (Å²) in [5.74, 6) is -3.80. The Morgan fingerprint density at radius 3 is 2.39 bits per heavy atom. The van der Waals surface area contributed by atoms with Crippen molar-refractivity contribution >= 4 is 17.6 Å². The monoisotopic (exact) mass is 258 g/mol. The molecule has 1 aromatic carbocycles. The summed E-state index contributed by atoms with van der Waals surface area (Å²) in [5, 5.41) is 0. The Morgan fingerprint density at radius 1 is 1.28 bits per heavy atom. The fourth-order valence-electron chi connectivity index (χ4n) is 1.07. The van der Waals surface area contributed by atoms with Crippen molar-refractivity contribution in [2.45, 2.75) is 0 Å². The second-order valence-corrected chi connectivity index (χ2v) is 3.72. The number of anilines is 1. The molecule has 0 aliphatic heterocycles. The quantitative estimate of drug-likeness (QED) is 0.642. The lowest BCUT2D eigenvalue weighted by molar-refractivity contribution is -0.131. The number of halogens is 2. The maximum absolute atomic E-state index is 12.9. The molecule has 0 atom stereocenters. The van der Waals surface area contributed by atoms with Crippen molar-refractivity contribution in [3.8, 4) is 0 Å². The summed E-state index contributed by atoms with van der Waals surface area (Å²) >= 11 is 0. The van der Waals surface area contributed by atoms with Crippen molar-refractivity contribution in [3.63, 3.8) is 0 Å². The van der Waals surface area contributed by atoms with Crippen LogP contribution in [0.25, 0.3) is 0 Å². The maximum atomic E-state index is 12.9. The Hall–Kier alpha value is -2.18. The predicted molar refractivity (Wildman–Crippen MR) is 59.7 cm³/mol. The zero-order valence-corrected chi connectivity index (χ0v) is 9.87. The van der Waals surface area contributed by atoms with E-state index in [0.29, 0.717) is 12.1 Å². The molecule has 0 fully saturated rings. The Balaban J connectivity index is 2.79. The van der Waals surface area contributed by atoms with Crippen LogP contribution >= 0.6 is 0 Å². The molecule has 7 heteroatoms. The van der Waals surface area contributed by atoms with Crippen LogP contribution in [-0.2, 0) is 9.53 Å². The van der Waals surface area contributed by atoms with Gasteiger partial charge in [0.15, 0.2) is 18.2 Å². The van der Waals surface area contributed by atoms with Gasteiger partial charge in [0.2, 0.25) is 0 Å². The van der Waals surface area contributed by atoms with E-state index in [4.69, 9.17) is 5.73 Å². The third-order valence-corrected chi connectivity index (χ3v) is 2.14. The molecule has 0 bridgehead atoms. The van der Waals surface area contributed by atoms with Gasteiger partial charge in [-0.05, 0) is 6.07 Å². The SMILES string of the molecule is CN(C)C(=O)COC(=O)c1cc(F)c(F)cc1N. The van der Waals surface area contributed by atoms with Crippen LogP contribution < -0.4 is 5.73 Å². The summed E-state index contributed by atoms with van der Waals surface area (Å²) in [5.41, 5.74) is 4.78. The summed E-state index contributed by atoms with van der Waals surface area (Å²) in [6, 6.07) is 1.31. The Bertz CT molecular complexity index is 489. The zero-order chi connectivity index (χ0) is 13.9. The van der Waals surface area contributed by atoms with E-state index in [1.807, 2.05) is 0 Å². The Kier molecular flexibility index (Phi) is 4.19. The molecular weight excluding hydrogens is 246 g/mol. The highest BCUT2D eigenvalue weighted by atomic mass is 19.2. The van der Waals surface area contributed by atoms with Crippen LogP contribution in [-0.4, -0.2) is 37.5 Å². The number of likely N-dealkylation sites (N-methyl/N-ethyl adjacent to an activating group) is 1. The van der Waals surface area contributed by atoms with Crippen LogP contribution in [0.4, 0.5) is 14.5 Å². The van der Waals surface area contributed by atoms with E-state index >= 15 is 0 Å². The Labute approximate surface area is 102 Å². The van der Waals surface area contributed by atoms with Crippen molar-refractivity contribution in [1.82, 2.24) is 4.90 Å². The van der Waals surface area contributed by atoms with Crippen LogP contribution in [0.15, 0.2) is 12.1 Å². The van der Waals surface area contributed by atoms with Gasteiger partial charge in [0.25, 0.3) is 5.91 Å². The van der Waals surface area contributed by atoms with Crippen LogP contribution in [0.1, 0.15) is 10.4 Å². The number of nitrogens with zero attached hydrogens (tertiary/aromatic N) is 1. The number of benzene rings is 1. The van der Waals surface area contributed by atoms with Gasteiger partial charge < -0.3 is 15.4 Å². The molecule has 98 valence electrons. The zero-order valence-electron chi connectivity index (χ0n) is 9.87. The minimum absolute atomic E-state index is 0.254. The molecule has 0 radical (unpaired) electrons. The second kappa shape index (κ2) is 5.44. The molecule has 0 spiro atoms. The molecule has 0 unspecified atom stereocenters. The van der Waals surface area contributed by atoms with Crippen LogP contribution in [0.2, 0.25) is 0 Å². The first-order valence-corrected chi connectivity index (χ1v) is 4.94. The molecule has 0 saturated carbocycles. The molecule has 18 heavy (non-hydrogen) atoms. The lowest BCUT2D eigenvalue weighted by atomic mass is 10.1. The fraction of sp³-hybridized carbons (Fsp3) is 0.273. The lowest BCUT2D eigenvalue weighted by Gasteiger charge is -2.11. The molecule has 0 aliphatic rings.